The first-order valence-corrected chi connectivity index (χ1v) is 5.38. The lowest BCUT2D eigenvalue weighted by atomic mass is 10.2. The Bertz CT molecular complexity index is 354. The monoisotopic (exact) mass is 239 g/mol. The van der Waals surface area contributed by atoms with Crippen molar-refractivity contribution in [2.45, 2.75) is 0 Å². The zero-order valence-corrected chi connectivity index (χ0v) is 9.81. The second kappa shape index (κ2) is 7.65. The van der Waals surface area contributed by atoms with Crippen molar-refractivity contribution in [2.75, 3.05) is 38.8 Å². The molecule has 5 nitrogen and oxygen atoms in total. The highest BCUT2D eigenvalue weighted by atomic mass is 16.5. The molecule has 0 saturated heterocycles. The molecule has 1 aromatic rings. The summed E-state index contributed by atoms with van der Waals surface area (Å²) in [5, 5.41) is 12.0. The summed E-state index contributed by atoms with van der Waals surface area (Å²) in [6, 6.07) is 6.79. The predicted molar refractivity (Wildman–Crippen MR) is 64.6 cm³/mol. The lowest BCUT2D eigenvalue weighted by Crippen LogP contribution is -2.13. The van der Waals surface area contributed by atoms with E-state index in [0.29, 0.717) is 32.1 Å². The van der Waals surface area contributed by atoms with Gasteiger partial charge in [-0.15, -0.1) is 0 Å². The average molecular weight is 239 g/mol. The molecule has 0 aliphatic carbocycles. The van der Waals surface area contributed by atoms with Crippen molar-refractivity contribution in [2.24, 2.45) is 0 Å². The van der Waals surface area contributed by atoms with Gasteiger partial charge in [0, 0.05) is 19.3 Å². The summed E-state index contributed by atoms with van der Waals surface area (Å²) in [4.78, 5) is 10.9. The Hall–Kier alpha value is -1.59. The lowest BCUT2D eigenvalue weighted by molar-refractivity contribution is 0.0697. The Balaban J connectivity index is 2.34. The molecule has 0 aliphatic rings. The van der Waals surface area contributed by atoms with E-state index in [9.17, 15) is 4.79 Å². The van der Waals surface area contributed by atoms with E-state index in [2.05, 4.69) is 5.32 Å². The van der Waals surface area contributed by atoms with Crippen molar-refractivity contribution in [3.05, 3.63) is 29.8 Å². The molecule has 0 amide bonds. The van der Waals surface area contributed by atoms with E-state index in [1.54, 1.807) is 31.4 Å². The quantitative estimate of drug-likeness (QED) is 0.672. The summed E-state index contributed by atoms with van der Waals surface area (Å²) >= 11 is 0. The van der Waals surface area contributed by atoms with Crippen LogP contribution in [0, 0.1) is 0 Å². The SMILES string of the molecule is COCCOCCNc1ccccc1C(=O)O. The van der Waals surface area contributed by atoms with Crippen molar-refractivity contribution in [1.82, 2.24) is 0 Å². The largest absolute Gasteiger partial charge is 0.478 e. The molecular formula is C12H17NO4. The zero-order chi connectivity index (χ0) is 12.5. The van der Waals surface area contributed by atoms with Gasteiger partial charge in [0.2, 0.25) is 0 Å². The Labute approximate surface area is 100 Å². The van der Waals surface area contributed by atoms with E-state index in [-0.39, 0.29) is 5.56 Å². The van der Waals surface area contributed by atoms with E-state index in [1.807, 2.05) is 0 Å². The summed E-state index contributed by atoms with van der Waals surface area (Å²) in [7, 11) is 1.62. The zero-order valence-electron chi connectivity index (χ0n) is 9.81. The number of nitrogens with one attached hydrogen (secondary N) is 1. The highest BCUT2D eigenvalue weighted by Gasteiger charge is 2.07. The van der Waals surface area contributed by atoms with Crippen LogP contribution in [0.3, 0.4) is 0 Å². The minimum atomic E-state index is -0.937. The number of para-hydroxylation sites is 1. The van der Waals surface area contributed by atoms with E-state index in [4.69, 9.17) is 14.6 Å². The number of carbonyl (C=O) groups is 1. The van der Waals surface area contributed by atoms with E-state index >= 15 is 0 Å². The molecule has 1 rings (SSSR count). The second-order valence-corrected chi connectivity index (χ2v) is 3.38. The molecule has 5 heteroatoms. The number of methoxy groups -OCH3 is 1. The second-order valence-electron chi connectivity index (χ2n) is 3.38. The summed E-state index contributed by atoms with van der Waals surface area (Å²) < 4.78 is 10.1. The van der Waals surface area contributed by atoms with Crippen molar-refractivity contribution < 1.29 is 19.4 Å². The Morgan fingerprint density at radius 2 is 2.06 bits per heavy atom. The third-order valence-corrected chi connectivity index (χ3v) is 2.15. The number of rotatable bonds is 8. The summed E-state index contributed by atoms with van der Waals surface area (Å²) in [5.74, 6) is -0.937. The Morgan fingerprint density at radius 3 is 2.76 bits per heavy atom. The number of hydrogen-bond acceptors (Lipinski definition) is 4. The van der Waals surface area contributed by atoms with Crippen LogP contribution in [0.4, 0.5) is 5.69 Å². The van der Waals surface area contributed by atoms with Crippen LogP contribution in [0.15, 0.2) is 24.3 Å². The minimum Gasteiger partial charge on any atom is -0.478 e. The maximum atomic E-state index is 10.9. The number of anilines is 1. The first-order chi connectivity index (χ1) is 8.25. The van der Waals surface area contributed by atoms with Crippen LogP contribution in [-0.2, 0) is 9.47 Å². The number of ether oxygens (including phenoxy) is 2. The van der Waals surface area contributed by atoms with Gasteiger partial charge in [-0.05, 0) is 12.1 Å². The van der Waals surface area contributed by atoms with E-state index in [0.717, 1.165) is 0 Å². The van der Waals surface area contributed by atoms with Gasteiger partial charge in [0.1, 0.15) is 0 Å². The lowest BCUT2D eigenvalue weighted by Gasteiger charge is -2.09. The molecule has 0 aromatic heterocycles. The van der Waals surface area contributed by atoms with Crippen molar-refractivity contribution in [3.63, 3.8) is 0 Å². The van der Waals surface area contributed by atoms with Gasteiger partial charge in [0.25, 0.3) is 0 Å². The van der Waals surface area contributed by atoms with Gasteiger partial charge in [-0.3, -0.25) is 0 Å². The van der Waals surface area contributed by atoms with E-state index < -0.39 is 5.97 Å². The fourth-order valence-corrected chi connectivity index (χ4v) is 1.33. The molecule has 94 valence electrons. The van der Waals surface area contributed by atoms with Crippen LogP contribution >= 0.6 is 0 Å². The summed E-state index contributed by atoms with van der Waals surface area (Å²) in [5.41, 5.74) is 0.875. The van der Waals surface area contributed by atoms with Crippen molar-refractivity contribution in [1.29, 1.82) is 0 Å². The molecule has 0 saturated carbocycles. The number of benzene rings is 1. The molecule has 0 atom stereocenters. The number of hydrogen-bond donors (Lipinski definition) is 2. The number of aromatic carboxylic acids is 1. The molecule has 0 spiro atoms. The van der Waals surface area contributed by atoms with Gasteiger partial charge in [-0.1, -0.05) is 12.1 Å². The van der Waals surface area contributed by atoms with Crippen molar-refractivity contribution >= 4 is 11.7 Å². The topological polar surface area (TPSA) is 67.8 Å². The first kappa shape index (κ1) is 13.5. The van der Waals surface area contributed by atoms with Crippen LogP contribution in [0.5, 0.6) is 0 Å². The summed E-state index contributed by atoms with van der Waals surface area (Å²) in [6.45, 7) is 2.18. The molecule has 0 unspecified atom stereocenters. The Morgan fingerprint density at radius 1 is 1.29 bits per heavy atom. The number of carboxylic acids is 1. The van der Waals surface area contributed by atoms with Gasteiger partial charge in [0.05, 0.1) is 25.4 Å². The molecule has 0 bridgehead atoms. The highest BCUT2D eigenvalue weighted by molar-refractivity contribution is 5.94. The molecule has 0 fully saturated rings. The molecule has 1 aromatic carbocycles. The van der Waals surface area contributed by atoms with Gasteiger partial charge in [-0.25, -0.2) is 4.79 Å². The van der Waals surface area contributed by atoms with Crippen LogP contribution in [0.1, 0.15) is 10.4 Å². The fraction of sp³-hybridized carbons (Fsp3) is 0.417. The molecule has 2 N–H and O–H groups in total. The van der Waals surface area contributed by atoms with Crippen LogP contribution in [-0.4, -0.2) is 44.6 Å². The van der Waals surface area contributed by atoms with Gasteiger partial charge in [-0.2, -0.15) is 0 Å². The average Bonchev–Trinajstić information content (AvgIpc) is 2.34. The van der Waals surface area contributed by atoms with E-state index in [1.165, 1.54) is 0 Å². The smallest absolute Gasteiger partial charge is 0.337 e. The fourth-order valence-electron chi connectivity index (χ4n) is 1.33. The van der Waals surface area contributed by atoms with Gasteiger partial charge in [0.15, 0.2) is 0 Å². The molecule has 17 heavy (non-hydrogen) atoms. The number of carboxylic acid groups (broad SMARTS) is 1. The third kappa shape index (κ3) is 4.84. The molecule has 0 heterocycles. The van der Waals surface area contributed by atoms with Crippen molar-refractivity contribution in [3.8, 4) is 0 Å². The predicted octanol–water partition coefficient (Wildman–Crippen LogP) is 1.46. The maximum Gasteiger partial charge on any atom is 0.337 e. The normalized spacial score (nSPS) is 10.2. The van der Waals surface area contributed by atoms with Gasteiger partial charge >= 0.3 is 5.97 Å². The first-order valence-electron chi connectivity index (χ1n) is 5.38. The highest BCUT2D eigenvalue weighted by Crippen LogP contribution is 2.14. The summed E-state index contributed by atoms with van der Waals surface area (Å²) in [6.07, 6.45) is 0. The van der Waals surface area contributed by atoms with Crippen LogP contribution in [0.25, 0.3) is 0 Å². The molecular weight excluding hydrogens is 222 g/mol. The Kier molecular flexibility index (Phi) is 6.06. The molecule has 0 radical (unpaired) electrons. The third-order valence-electron chi connectivity index (χ3n) is 2.15. The standard InChI is InChI=1S/C12H17NO4/c1-16-8-9-17-7-6-13-11-5-3-2-4-10(11)12(14)15/h2-5,13H,6-9H2,1H3,(H,14,15). The van der Waals surface area contributed by atoms with Crippen LogP contribution < -0.4 is 5.32 Å². The maximum absolute atomic E-state index is 10.9. The minimum absolute atomic E-state index is 0.268. The molecule has 0 aliphatic heterocycles. The van der Waals surface area contributed by atoms with Crippen LogP contribution in [0.2, 0.25) is 0 Å². The van der Waals surface area contributed by atoms with Gasteiger partial charge < -0.3 is 19.9 Å².